The number of thiocarbonyl (C=S) groups is 1. The Morgan fingerprint density at radius 2 is 1.84 bits per heavy atom. The van der Waals surface area contributed by atoms with Gasteiger partial charge in [0.15, 0.2) is 0 Å². The molecule has 1 heterocycles. The zero-order valence-corrected chi connectivity index (χ0v) is 11.1. The quantitative estimate of drug-likeness (QED) is 0.659. The average Bonchev–Trinajstić information content (AvgIpc) is 3.15. The van der Waals surface area contributed by atoms with Gasteiger partial charge in [-0.1, -0.05) is 42.5 Å². The summed E-state index contributed by atoms with van der Waals surface area (Å²) in [6.07, 6.45) is 0.719. The molecule has 3 atom stereocenters. The molecule has 2 fully saturated rings. The molecule has 98 valence electrons. The van der Waals surface area contributed by atoms with Gasteiger partial charge in [-0.2, -0.15) is 0 Å². The van der Waals surface area contributed by atoms with E-state index in [-0.39, 0.29) is 36.1 Å². The van der Waals surface area contributed by atoms with Crippen LogP contribution in [0.2, 0.25) is 0 Å². The molecule has 2 aliphatic rings. The predicted molar refractivity (Wildman–Crippen MR) is 74.3 cm³/mol. The topological polar surface area (TPSA) is 63.4 Å². The monoisotopic (exact) mass is 274 g/mol. The van der Waals surface area contributed by atoms with Crippen LogP contribution in [0.3, 0.4) is 0 Å². The number of amides is 2. The zero-order chi connectivity index (χ0) is 13.6. The Balaban J connectivity index is 1.81. The third-order valence-corrected chi connectivity index (χ3v) is 4.15. The molecular weight excluding hydrogens is 260 g/mol. The Morgan fingerprint density at radius 1 is 1.26 bits per heavy atom. The van der Waals surface area contributed by atoms with Crippen molar-refractivity contribution in [2.75, 3.05) is 6.54 Å². The number of nitrogens with zero attached hydrogens (tertiary/aromatic N) is 1. The maximum Gasteiger partial charge on any atom is 0.233 e. The first-order chi connectivity index (χ1) is 9.09. The molecule has 3 unspecified atom stereocenters. The number of likely N-dealkylation sites (tertiary alicyclic amines) is 1. The van der Waals surface area contributed by atoms with E-state index in [9.17, 15) is 9.59 Å². The van der Waals surface area contributed by atoms with Gasteiger partial charge in [0.2, 0.25) is 11.8 Å². The smallest absolute Gasteiger partial charge is 0.233 e. The first-order valence-corrected chi connectivity index (χ1v) is 6.70. The van der Waals surface area contributed by atoms with E-state index < -0.39 is 0 Å². The van der Waals surface area contributed by atoms with Crippen molar-refractivity contribution in [2.24, 2.45) is 17.6 Å². The predicted octanol–water partition coefficient (Wildman–Crippen LogP) is 1.06. The van der Waals surface area contributed by atoms with Gasteiger partial charge in [-0.25, -0.2) is 0 Å². The number of carbonyl (C=O) groups is 2. The normalized spacial score (nSPS) is 26.2. The molecule has 4 nitrogen and oxygen atoms in total. The second-order valence-corrected chi connectivity index (χ2v) is 5.57. The fraction of sp³-hybridized carbons (Fsp3) is 0.357. The van der Waals surface area contributed by atoms with E-state index in [2.05, 4.69) is 0 Å². The lowest BCUT2D eigenvalue weighted by Crippen LogP contribution is -2.39. The van der Waals surface area contributed by atoms with Gasteiger partial charge in [0, 0.05) is 6.54 Å². The number of piperidine rings is 1. The van der Waals surface area contributed by atoms with Crippen molar-refractivity contribution in [3.05, 3.63) is 35.9 Å². The second kappa shape index (κ2) is 4.42. The Morgan fingerprint density at radius 3 is 2.37 bits per heavy atom. The van der Waals surface area contributed by atoms with Crippen LogP contribution in [-0.2, 0) is 9.59 Å². The molecule has 1 aliphatic carbocycles. The van der Waals surface area contributed by atoms with Crippen molar-refractivity contribution in [1.29, 1.82) is 0 Å². The van der Waals surface area contributed by atoms with Crippen LogP contribution in [0.1, 0.15) is 17.9 Å². The van der Waals surface area contributed by atoms with Gasteiger partial charge in [-0.15, -0.1) is 0 Å². The van der Waals surface area contributed by atoms with Gasteiger partial charge in [-0.05, 0) is 12.0 Å². The molecule has 2 amide bonds. The van der Waals surface area contributed by atoms with Crippen LogP contribution < -0.4 is 5.73 Å². The maximum absolute atomic E-state index is 12.0. The van der Waals surface area contributed by atoms with Crippen molar-refractivity contribution in [3.8, 4) is 0 Å². The van der Waals surface area contributed by atoms with E-state index in [1.165, 1.54) is 4.90 Å². The fourth-order valence-electron chi connectivity index (χ4n) is 2.66. The molecule has 5 heteroatoms. The number of fused-ring (bicyclic) bond motifs is 1. The Kier molecular flexibility index (Phi) is 2.86. The first kappa shape index (κ1) is 12.3. The maximum atomic E-state index is 12.0. The van der Waals surface area contributed by atoms with E-state index in [0.717, 1.165) is 12.0 Å². The molecule has 1 saturated carbocycles. The van der Waals surface area contributed by atoms with E-state index in [0.29, 0.717) is 4.99 Å². The molecular formula is C14H14N2O2S. The molecule has 0 spiro atoms. The van der Waals surface area contributed by atoms with Gasteiger partial charge < -0.3 is 5.73 Å². The van der Waals surface area contributed by atoms with Crippen molar-refractivity contribution in [3.63, 3.8) is 0 Å². The Hall–Kier alpha value is -1.75. The zero-order valence-electron chi connectivity index (χ0n) is 10.3. The van der Waals surface area contributed by atoms with Crippen LogP contribution in [0.25, 0.3) is 0 Å². The minimum atomic E-state index is -0.262. The summed E-state index contributed by atoms with van der Waals surface area (Å²) in [6.45, 7) is 0.268. The number of rotatable bonds is 4. The SMILES string of the molecule is NC(=S)C(CN1C(=O)C2CC2C1=O)c1ccccc1. The summed E-state index contributed by atoms with van der Waals surface area (Å²) in [5.41, 5.74) is 6.71. The fourth-order valence-corrected chi connectivity index (χ4v) is 2.87. The molecule has 1 aliphatic heterocycles. The molecule has 1 saturated heterocycles. The highest BCUT2D eigenvalue weighted by Gasteiger charge is 2.58. The molecule has 1 aromatic rings. The van der Waals surface area contributed by atoms with Crippen LogP contribution in [0.4, 0.5) is 0 Å². The first-order valence-electron chi connectivity index (χ1n) is 6.29. The van der Waals surface area contributed by atoms with Gasteiger partial charge in [0.1, 0.15) is 0 Å². The van der Waals surface area contributed by atoms with Crippen molar-refractivity contribution in [1.82, 2.24) is 4.90 Å². The van der Waals surface area contributed by atoms with Crippen LogP contribution in [0.5, 0.6) is 0 Å². The molecule has 1 aromatic carbocycles. The van der Waals surface area contributed by atoms with Crippen LogP contribution in [0, 0.1) is 11.8 Å². The van der Waals surface area contributed by atoms with Crippen LogP contribution >= 0.6 is 12.2 Å². The Bertz CT molecular complexity index is 538. The van der Waals surface area contributed by atoms with E-state index >= 15 is 0 Å². The number of imide groups is 1. The number of nitrogens with two attached hydrogens (primary N) is 1. The summed E-state index contributed by atoms with van der Waals surface area (Å²) in [7, 11) is 0. The standard InChI is InChI=1S/C14H14N2O2S/c15-12(19)11(8-4-2-1-3-5-8)7-16-13(17)9-6-10(9)14(16)18/h1-5,9-11H,6-7H2,(H2,15,19). The minimum absolute atomic E-state index is 0.0628. The lowest BCUT2D eigenvalue weighted by molar-refractivity contribution is -0.141. The van der Waals surface area contributed by atoms with E-state index in [1.807, 2.05) is 30.3 Å². The summed E-state index contributed by atoms with van der Waals surface area (Å²) >= 11 is 5.08. The van der Waals surface area contributed by atoms with E-state index in [1.54, 1.807) is 0 Å². The summed E-state index contributed by atoms with van der Waals surface area (Å²) in [5, 5.41) is 0. The summed E-state index contributed by atoms with van der Waals surface area (Å²) in [6, 6.07) is 9.52. The lowest BCUT2D eigenvalue weighted by Gasteiger charge is -2.23. The second-order valence-electron chi connectivity index (χ2n) is 5.10. The number of benzene rings is 1. The highest BCUT2D eigenvalue weighted by Crippen LogP contribution is 2.47. The van der Waals surface area contributed by atoms with E-state index in [4.69, 9.17) is 18.0 Å². The van der Waals surface area contributed by atoms with Crippen LogP contribution in [0.15, 0.2) is 30.3 Å². The highest BCUT2D eigenvalue weighted by atomic mass is 32.1. The van der Waals surface area contributed by atoms with Crippen molar-refractivity contribution >= 4 is 29.0 Å². The van der Waals surface area contributed by atoms with Crippen molar-refractivity contribution in [2.45, 2.75) is 12.3 Å². The molecule has 0 aromatic heterocycles. The number of hydrogen-bond acceptors (Lipinski definition) is 3. The number of hydrogen-bond donors (Lipinski definition) is 1. The average molecular weight is 274 g/mol. The number of carbonyl (C=O) groups excluding carboxylic acids is 2. The summed E-state index contributed by atoms with van der Waals surface area (Å²) < 4.78 is 0. The van der Waals surface area contributed by atoms with Gasteiger partial charge in [0.05, 0.1) is 22.7 Å². The molecule has 2 N–H and O–H groups in total. The Labute approximate surface area is 116 Å². The summed E-state index contributed by atoms with van der Waals surface area (Å²) in [4.78, 5) is 25.6. The van der Waals surface area contributed by atoms with Crippen LogP contribution in [-0.4, -0.2) is 28.2 Å². The molecule has 0 radical (unpaired) electrons. The highest BCUT2D eigenvalue weighted by molar-refractivity contribution is 7.80. The van der Waals surface area contributed by atoms with Crippen molar-refractivity contribution < 1.29 is 9.59 Å². The molecule has 0 bridgehead atoms. The molecule has 3 rings (SSSR count). The van der Waals surface area contributed by atoms with Gasteiger partial charge in [0.25, 0.3) is 0 Å². The minimum Gasteiger partial charge on any atom is -0.393 e. The largest absolute Gasteiger partial charge is 0.393 e. The summed E-state index contributed by atoms with van der Waals surface area (Å²) in [5.74, 6) is -0.536. The van der Waals surface area contributed by atoms with Gasteiger partial charge in [-0.3, -0.25) is 14.5 Å². The third-order valence-electron chi connectivity index (χ3n) is 3.87. The molecule has 19 heavy (non-hydrogen) atoms. The lowest BCUT2D eigenvalue weighted by atomic mass is 9.98. The third kappa shape index (κ3) is 2.04. The van der Waals surface area contributed by atoms with Gasteiger partial charge >= 0.3 is 0 Å².